The van der Waals surface area contributed by atoms with Gasteiger partial charge in [0.05, 0.1) is 0 Å². The van der Waals surface area contributed by atoms with Gasteiger partial charge in [0.1, 0.15) is 5.65 Å². The van der Waals surface area contributed by atoms with E-state index < -0.39 is 17.3 Å². The number of carboxylic acid groups (broad SMARTS) is 1. The van der Waals surface area contributed by atoms with E-state index in [1.165, 1.54) is 6.08 Å². The Morgan fingerprint density at radius 2 is 2.24 bits per heavy atom. The number of carbonyl (C=O) groups excluding carboxylic acids is 1. The molecule has 0 bridgehead atoms. The Kier molecular flexibility index (Phi) is 4.28. The van der Waals surface area contributed by atoms with Crippen molar-refractivity contribution in [2.24, 2.45) is 0 Å². The van der Waals surface area contributed by atoms with E-state index in [0.29, 0.717) is 11.2 Å². The van der Waals surface area contributed by atoms with Crippen LogP contribution in [0.3, 0.4) is 0 Å². The number of aromatic nitrogens is 2. The lowest BCUT2D eigenvalue weighted by molar-refractivity contribution is -0.134. The number of ether oxygens (including phenoxy) is 1. The number of pyridine rings is 1. The minimum Gasteiger partial charge on any atom is -0.477 e. The molecule has 0 spiro atoms. The molecule has 2 aromatic rings. The summed E-state index contributed by atoms with van der Waals surface area (Å²) in [6.07, 6.45) is 4.85. The third kappa shape index (κ3) is 3.11. The normalized spacial score (nSPS) is 16.4. The van der Waals surface area contributed by atoms with Gasteiger partial charge in [-0.05, 0) is 32.1 Å². The number of allylic oxidation sites excluding steroid dienone is 1. The Balaban J connectivity index is 1.95. The van der Waals surface area contributed by atoms with Gasteiger partial charge in [-0.1, -0.05) is 0 Å². The molecule has 3 heterocycles. The molecule has 1 aliphatic rings. The van der Waals surface area contributed by atoms with Crippen LogP contribution in [0.1, 0.15) is 19.4 Å². The van der Waals surface area contributed by atoms with Crippen LogP contribution in [-0.4, -0.2) is 44.9 Å². The van der Waals surface area contributed by atoms with Crippen molar-refractivity contribution in [3.63, 3.8) is 0 Å². The number of Topliss-reactive ketones (excluding diaryl/α,β-unsaturated/α-hetero) is 1. The summed E-state index contributed by atoms with van der Waals surface area (Å²) in [5, 5.41) is 11.8. The number of hydrogen-bond donors (Lipinski definition) is 3. The molecule has 0 saturated heterocycles. The maximum Gasteiger partial charge on any atom is 0.345 e. The molecule has 0 unspecified atom stereocenters. The van der Waals surface area contributed by atoms with Gasteiger partial charge >= 0.3 is 5.97 Å². The molecule has 3 rings (SSSR count). The van der Waals surface area contributed by atoms with Gasteiger partial charge in [-0.15, -0.1) is 0 Å². The summed E-state index contributed by atoms with van der Waals surface area (Å²) in [6, 6.07) is 3.71. The number of H-pyrrole nitrogens is 1. The number of carboxylic acids is 1. The molecule has 0 atom stereocenters. The average Bonchev–Trinajstić information content (AvgIpc) is 3.09. The van der Waals surface area contributed by atoms with Crippen molar-refractivity contribution >= 4 is 28.9 Å². The van der Waals surface area contributed by atoms with E-state index in [1.807, 2.05) is 19.9 Å². The van der Waals surface area contributed by atoms with Crippen LogP contribution < -0.4 is 5.43 Å². The summed E-state index contributed by atoms with van der Waals surface area (Å²) in [7, 11) is 1.73. The molecule has 25 heavy (non-hydrogen) atoms. The number of nitrogens with one attached hydrogen (secondary N) is 2. The average molecular weight is 342 g/mol. The Labute approximate surface area is 143 Å². The molecule has 130 valence electrons. The molecule has 2 aromatic heterocycles. The monoisotopic (exact) mass is 342 g/mol. The van der Waals surface area contributed by atoms with Crippen LogP contribution in [0.25, 0.3) is 17.1 Å². The number of hydrogen-bond acceptors (Lipinski definition) is 6. The van der Waals surface area contributed by atoms with Crippen molar-refractivity contribution < 1.29 is 19.4 Å². The van der Waals surface area contributed by atoms with Gasteiger partial charge in [0.25, 0.3) is 0 Å². The van der Waals surface area contributed by atoms with Crippen LogP contribution in [0.5, 0.6) is 0 Å². The van der Waals surface area contributed by atoms with Crippen molar-refractivity contribution in [2.45, 2.75) is 19.9 Å². The van der Waals surface area contributed by atoms with Crippen LogP contribution in [0.15, 0.2) is 41.7 Å². The predicted molar refractivity (Wildman–Crippen MR) is 90.9 cm³/mol. The molecule has 0 aromatic carbocycles. The van der Waals surface area contributed by atoms with Gasteiger partial charge in [0, 0.05) is 36.4 Å². The molecule has 8 nitrogen and oxygen atoms in total. The van der Waals surface area contributed by atoms with Gasteiger partial charge in [0.15, 0.2) is 11.3 Å². The van der Waals surface area contributed by atoms with E-state index in [2.05, 4.69) is 15.4 Å². The molecule has 0 radical (unpaired) electrons. The SMILES string of the molecule is CC(C)N(C)NC1=C(C(=O)O)C(=O)C(=Cc2c[nH]c3ncccc23)O1. The summed E-state index contributed by atoms with van der Waals surface area (Å²) < 4.78 is 5.51. The van der Waals surface area contributed by atoms with Crippen LogP contribution >= 0.6 is 0 Å². The fourth-order valence-corrected chi connectivity index (χ4v) is 2.33. The molecule has 1 aliphatic heterocycles. The van der Waals surface area contributed by atoms with Crippen molar-refractivity contribution in [3.8, 4) is 0 Å². The molecule has 0 amide bonds. The third-order valence-electron chi connectivity index (χ3n) is 3.93. The Morgan fingerprint density at radius 1 is 1.48 bits per heavy atom. The van der Waals surface area contributed by atoms with Crippen LogP contribution in [0.2, 0.25) is 0 Å². The maximum absolute atomic E-state index is 12.5. The summed E-state index contributed by atoms with van der Waals surface area (Å²) in [5.74, 6) is -2.15. The first kappa shape index (κ1) is 16.7. The fourth-order valence-electron chi connectivity index (χ4n) is 2.33. The number of aromatic amines is 1. The van der Waals surface area contributed by atoms with Gasteiger partial charge in [0.2, 0.25) is 11.7 Å². The number of rotatable bonds is 5. The summed E-state index contributed by atoms with van der Waals surface area (Å²) in [5.41, 5.74) is 3.76. The van der Waals surface area contributed by atoms with E-state index in [9.17, 15) is 14.7 Å². The largest absolute Gasteiger partial charge is 0.477 e. The topological polar surface area (TPSA) is 108 Å². The Bertz CT molecular complexity index is 910. The summed E-state index contributed by atoms with van der Waals surface area (Å²) in [4.78, 5) is 31.1. The fraction of sp³-hybridized carbons (Fsp3) is 0.235. The molecule has 0 saturated carbocycles. The highest BCUT2D eigenvalue weighted by molar-refractivity contribution is 6.26. The quantitative estimate of drug-likeness (QED) is 0.431. The zero-order valence-electron chi connectivity index (χ0n) is 14.0. The lowest BCUT2D eigenvalue weighted by Gasteiger charge is -2.23. The van der Waals surface area contributed by atoms with Crippen molar-refractivity contribution in [1.82, 2.24) is 20.4 Å². The number of nitrogens with zero attached hydrogens (tertiary/aromatic N) is 2. The first-order valence-electron chi connectivity index (χ1n) is 7.72. The maximum atomic E-state index is 12.5. The van der Waals surface area contributed by atoms with E-state index in [-0.39, 0.29) is 17.7 Å². The van der Waals surface area contributed by atoms with Crippen molar-refractivity contribution in [2.75, 3.05) is 7.05 Å². The molecule has 8 heteroatoms. The second-order valence-electron chi connectivity index (χ2n) is 5.91. The van der Waals surface area contributed by atoms with E-state index >= 15 is 0 Å². The third-order valence-corrected chi connectivity index (χ3v) is 3.93. The summed E-state index contributed by atoms with van der Waals surface area (Å²) in [6.45, 7) is 3.83. The van der Waals surface area contributed by atoms with Crippen molar-refractivity contribution in [1.29, 1.82) is 0 Å². The molecule has 3 N–H and O–H groups in total. The number of carbonyl (C=O) groups is 2. The van der Waals surface area contributed by atoms with Gasteiger partial charge in [-0.2, -0.15) is 0 Å². The van der Waals surface area contributed by atoms with Crippen LogP contribution in [0.4, 0.5) is 0 Å². The zero-order chi connectivity index (χ0) is 18.1. The zero-order valence-corrected chi connectivity index (χ0v) is 14.0. The number of hydrazine groups is 1. The van der Waals surface area contributed by atoms with Crippen LogP contribution in [-0.2, 0) is 14.3 Å². The Hall–Kier alpha value is -3.13. The highest BCUT2D eigenvalue weighted by Crippen LogP contribution is 2.27. The minimum atomic E-state index is -1.34. The number of fused-ring (bicyclic) bond motifs is 1. The summed E-state index contributed by atoms with van der Waals surface area (Å²) >= 11 is 0. The number of aliphatic carboxylic acids is 1. The first-order valence-corrected chi connectivity index (χ1v) is 7.72. The molecule has 0 aliphatic carbocycles. The van der Waals surface area contributed by atoms with E-state index in [1.54, 1.807) is 30.5 Å². The highest BCUT2D eigenvalue weighted by Gasteiger charge is 2.36. The van der Waals surface area contributed by atoms with Crippen LogP contribution in [0, 0.1) is 0 Å². The van der Waals surface area contributed by atoms with Crippen molar-refractivity contribution in [3.05, 3.63) is 47.3 Å². The van der Waals surface area contributed by atoms with E-state index in [0.717, 1.165) is 5.39 Å². The van der Waals surface area contributed by atoms with E-state index in [4.69, 9.17) is 4.74 Å². The smallest absolute Gasteiger partial charge is 0.345 e. The second-order valence-corrected chi connectivity index (χ2v) is 5.91. The first-order chi connectivity index (χ1) is 11.9. The molecular formula is C17H18N4O4. The van der Waals surface area contributed by atoms with Gasteiger partial charge in [-0.3, -0.25) is 10.2 Å². The second kappa shape index (κ2) is 6.40. The minimum absolute atomic E-state index is 0.0539. The predicted octanol–water partition coefficient (Wildman–Crippen LogP) is 1.64. The lowest BCUT2D eigenvalue weighted by atomic mass is 10.1. The lowest BCUT2D eigenvalue weighted by Crippen LogP contribution is -2.39. The van der Waals surface area contributed by atoms with Gasteiger partial charge < -0.3 is 14.8 Å². The molecular weight excluding hydrogens is 324 g/mol. The highest BCUT2D eigenvalue weighted by atomic mass is 16.5. The molecule has 0 fully saturated rings. The Morgan fingerprint density at radius 3 is 2.92 bits per heavy atom. The number of ketones is 1. The standard InChI is InChI=1S/C17H18N4O4/c1-9(2)21(3)20-16-13(17(23)24)14(22)12(25-16)7-10-8-19-15-11(10)5-4-6-18-15/h4-9,20H,1-3H3,(H,18,19)(H,23,24). The van der Waals surface area contributed by atoms with Gasteiger partial charge in [-0.25, -0.2) is 14.8 Å².